The van der Waals surface area contributed by atoms with E-state index in [2.05, 4.69) is 22.0 Å². The Balaban J connectivity index is 1.25. The smallest absolute Gasteiger partial charge is 0.272 e. The molecule has 11 heteroatoms. The predicted octanol–water partition coefficient (Wildman–Crippen LogP) is 9.17. The summed E-state index contributed by atoms with van der Waals surface area (Å²) in [7, 11) is 0. The van der Waals surface area contributed by atoms with Crippen LogP contribution in [0, 0.1) is 17.1 Å². The van der Waals surface area contributed by atoms with Crippen molar-refractivity contribution >= 4 is 69.2 Å². The SMILES string of the molecule is N#Cc1c(NC(=O)C(Sc2cccc(NC(=O)/C(=C\c3c(F)cccc3Cl)NC(=O)c3ccccc3)c2)c2ccccc2)sc2c1CCCC2. The molecule has 0 radical (unpaired) electrons. The van der Waals surface area contributed by atoms with Crippen LogP contribution in [-0.4, -0.2) is 17.7 Å². The van der Waals surface area contributed by atoms with Crippen LogP contribution in [0.3, 0.4) is 0 Å². The van der Waals surface area contributed by atoms with Crippen molar-refractivity contribution in [3.05, 3.63) is 152 Å². The molecule has 1 unspecified atom stereocenters. The Bertz CT molecular complexity index is 2110. The van der Waals surface area contributed by atoms with Crippen molar-refractivity contribution in [3.63, 3.8) is 0 Å². The van der Waals surface area contributed by atoms with Crippen LogP contribution in [-0.2, 0) is 22.4 Å². The van der Waals surface area contributed by atoms with Crippen molar-refractivity contribution in [2.75, 3.05) is 10.6 Å². The van der Waals surface area contributed by atoms with Crippen molar-refractivity contribution in [2.45, 2.75) is 35.8 Å². The highest BCUT2D eigenvalue weighted by atomic mass is 35.5. The summed E-state index contributed by atoms with van der Waals surface area (Å²) in [5.41, 5.74) is 2.75. The maximum absolute atomic E-state index is 14.8. The average Bonchev–Trinajstić information content (AvgIpc) is 3.49. The number of carbonyl (C=O) groups excluding carboxylic acids is 3. The number of amides is 3. The van der Waals surface area contributed by atoms with E-state index in [0.29, 0.717) is 26.7 Å². The highest BCUT2D eigenvalue weighted by Crippen LogP contribution is 2.41. The van der Waals surface area contributed by atoms with Crippen LogP contribution in [0.15, 0.2) is 114 Å². The Morgan fingerprint density at radius 2 is 1.62 bits per heavy atom. The number of anilines is 2. The van der Waals surface area contributed by atoms with Gasteiger partial charge in [-0.15, -0.1) is 23.1 Å². The van der Waals surface area contributed by atoms with Gasteiger partial charge in [0.05, 0.1) is 10.6 Å². The Morgan fingerprint density at radius 1 is 0.900 bits per heavy atom. The number of halogens is 2. The van der Waals surface area contributed by atoms with Gasteiger partial charge >= 0.3 is 0 Å². The standard InChI is InChI=1S/C39H30ClFN4O3S2/c40-31-18-10-19-32(41)29(31)22-33(44-36(46)25-13-5-2-6-14-25)37(47)43-26-15-9-16-27(21-26)49-35(24-11-3-1-4-12-24)38(48)45-39-30(23-42)28-17-7-8-20-34(28)50-39/h1-6,9-16,18-19,21-22,35H,7-8,17,20H2,(H,43,47)(H,44,46)(H,45,48)/b33-22+. The summed E-state index contributed by atoms with van der Waals surface area (Å²) in [4.78, 5) is 42.5. The van der Waals surface area contributed by atoms with Crippen molar-refractivity contribution in [2.24, 2.45) is 0 Å². The molecule has 1 heterocycles. The number of nitriles is 1. The second kappa shape index (κ2) is 16.0. The van der Waals surface area contributed by atoms with Gasteiger partial charge in [0.1, 0.15) is 27.8 Å². The summed E-state index contributed by atoms with van der Waals surface area (Å²) in [6, 6.07) is 31.0. The van der Waals surface area contributed by atoms with Crippen LogP contribution in [0.5, 0.6) is 0 Å². The number of carbonyl (C=O) groups is 3. The van der Waals surface area contributed by atoms with E-state index in [1.54, 1.807) is 48.5 Å². The molecular formula is C39H30ClFN4O3S2. The van der Waals surface area contributed by atoms with Gasteiger partial charge in [0.25, 0.3) is 11.8 Å². The Kier molecular flexibility index (Phi) is 11.1. The number of thioether (sulfide) groups is 1. The van der Waals surface area contributed by atoms with Gasteiger partial charge in [0.15, 0.2) is 0 Å². The molecule has 4 aromatic carbocycles. The van der Waals surface area contributed by atoms with E-state index < -0.39 is 22.9 Å². The number of rotatable bonds is 10. The van der Waals surface area contributed by atoms with E-state index >= 15 is 0 Å². The zero-order valence-corrected chi connectivity index (χ0v) is 28.9. The maximum atomic E-state index is 14.8. The Labute approximate surface area is 302 Å². The molecule has 0 aliphatic heterocycles. The first-order chi connectivity index (χ1) is 24.3. The van der Waals surface area contributed by atoms with E-state index in [9.17, 15) is 24.0 Å². The number of hydrogen-bond donors (Lipinski definition) is 3. The van der Waals surface area contributed by atoms with E-state index in [-0.39, 0.29) is 22.2 Å². The number of thiophene rings is 1. The molecule has 1 aliphatic carbocycles. The van der Waals surface area contributed by atoms with E-state index in [4.69, 9.17) is 11.6 Å². The first-order valence-corrected chi connectivity index (χ1v) is 17.9. The first-order valence-electron chi connectivity index (χ1n) is 15.8. The number of aryl methyl sites for hydroxylation is 1. The molecule has 3 amide bonds. The highest BCUT2D eigenvalue weighted by molar-refractivity contribution is 8.00. The lowest BCUT2D eigenvalue weighted by Crippen LogP contribution is -2.30. The zero-order chi connectivity index (χ0) is 35.0. The number of benzene rings is 4. The molecule has 3 N–H and O–H groups in total. The minimum absolute atomic E-state index is 0.0557. The summed E-state index contributed by atoms with van der Waals surface area (Å²) in [5.74, 6) is -2.21. The molecule has 0 saturated carbocycles. The quantitative estimate of drug-likeness (QED) is 0.0985. The molecular weight excluding hydrogens is 691 g/mol. The van der Waals surface area contributed by atoms with Gasteiger partial charge in [0, 0.05) is 26.6 Å². The summed E-state index contributed by atoms with van der Waals surface area (Å²) in [6.07, 6.45) is 5.02. The molecule has 7 nitrogen and oxygen atoms in total. The summed E-state index contributed by atoms with van der Waals surface area (Å²) < 4.78 is 14.8. The van der Waals surface area contributed by atoms with Gasteiger partial charge in [-0.25, -0.2) is 4.39 Å². The fourth-order valence-electron chi connectivity index (χ4n) is 5.57. The number of nitrogens with one attached hydrogen (secondary N) is 3. The van der Waals surface area contributed by atoms with Gasteiger partial charge in [0.2, 0.25) is 5.91 Å². The average molecular weight is 721 g/mol. The second-order valence-corrected chi connectivity index (χ2v) is 14.1. The molecule has 50 heavy (non-hydrogen) atoms. The maximum Gasteiger partial charge on any atom is 0.272 e. The van der Waals surface area contributed by atoms with Gasteiger partial charge in [-0.05, 0) is 85.4 Å². The summed E-state index contributed by atoms with van der Waals surface area (Å²) in [6.45, 7) is 0. The minimum Gasteiger partial charge on any atom is -0.321 e. The van der Waals surface area contributed by atoms with Crippen LogP contribution in [0.1, 0.15) is 55.6 Å². The van der Waals surface area contributed by atoms with Gasteiger partial charge in [-0.1, -0.05) is 72.3 Å². The fourth-order valence-corrected chi connectivity index (χ4v) is 8.11. The molecule has 0 spiro atoms. The molecule has 1 aromatic heterocycles. The lowest BCUT2D eigenvalue weighted by Gasteiger charge is -2.17. The molecule has 0 saturated heterocycles. The van der Waals surface area contributed by atoms with Crippen molar-refractivity contribution < 1.29 is 18.8 Å². The van der Waals surface area contributed by atoms with Crippen LogP contribution in [0.4, 0.5) is 15.1 Å². The third kappa shape index (κ3) is 8.14. The number of nitrogens with zero attached hydrogens (tertiary/aromatic N) is 1. The Morgan fingerprint density at radius 3 is 2.36 bits per heavy atom. The third-order valence-corrected chi connectivity index (χ3v) is 10.8. The van der Waals surface area contributed by atoms with E-state index in [1.165, 1.54) is 47.4 Å². The fraction of sp³-hybridized carbons (Fsp3) is 0.128. The molecule has 250 valence electrons. The van der Waals surface area contributed by atoms with Gasteiger partial charge < -0.3 is 16.0 Å². The molecule has 1 atom stereocenters. The zero-order valence-electron chi connectivity index (χ0n) is 26.5. The normalized spacial score (nSPS) is 13.0. The molecule has 0 bridgehead atoms. The van der Waals surface area contributed by atoms with E-state index in [1.807, 2.05) is 36.4 Å². The lowest BCUT2D eigenvalue weighted by atomic mass is 9.96. The van der Waals surface area contributed by atoms with Crippen LogP contribution in [0.2, 0.25) is 5.02 Å². The topological polar surface area (TPSA) is 111 Å². The minimum atomic E-state index is -0.709. The third-order valence-electron chi connectivity index (χ3n) is 8.02. The van der Waals surface area contributed by atoms with Crippen LogP contribution >= 0.6 is 34.7 Å². The number of hydrogen-bond acceptors (Lipinski definition) is 6. The van der Waals surface area contributed by atoms with E-state index in [0.717, 1.165) is 41.7 Å². The molecule has 1 aliphatic rings. The Hall–Kier alpha value is -5.21. The largest absolute Gasteiger partial charge is 0.321 e. The first kappa shape index (κ1) is 34.6. The summed E-state index contributed by atoms with van der Waals surface area (Å²) in [5, 5.41) is 18.3. The van der Waals surface area contributed by atoms with Crippen LogP contribution in [0.25, 0.3) is 6.08 Å². The highest BCUT2D eigenvalue weighted by Gasteiger charge is 2.27. The summed E-state index contributed by atoms with van der Waals surface area (Å²) >= 11 is 9.01. The molecule has 6 rings (SSSR count). The van der Waals surface area contributed by atoms with Crippen LogP contribution < -0.4 is 16.0 Å². The van der Waals surface area contributed by atoms with Gasteiger partial charge in [-0.3, -0.25) is 14.4 Å². The van der Waals surface area contributed by atoms with Gasteiger partial charge in [-0.2, -0.15) is 5.26 Å². The van der Waals surface area contributed by atoms with Crippen molar-refractivity contribution in [1.29, 1.82) is 5.26 Å². The lowest BCUT2D eigenvalue weighted by molar-refractivity contribution is -0.116. The molecule has 5 aromatic rings. The monoisotopic (exact) mass is 720 g/mol. The second-order valence-electron chi connectivity index (χ2n) is 11.4. The van der Waals surface area contributed by atoms with Crippen molar-refractivity contribution in [1.82, 2.24) is 5.32 Å². The number of fused-ring (bicyclic) bond motifs is 1. The predicted molar refractivity (Wildman–Crippen MR) is 198 cm³/mol. The van der Waals surface area contributed by atoms with Crippen molar-refractivity contribution in [3.8, 4) is 6.07 Å². The molecule has 0 fully saturated rings.